The van der Waals surface area contributed by atoms with E-state index in [1.54, 1.807) is 0 Å². The van der Waals surface area contributed by atoms with Crippen molar-refractivity contribution in [1.82, 2.24) is 0 Å². The highest BCUT2D eigenvalue weighted by Crippen LogP contribution is 2.62. The summed E-state index contributed by atoms with van der Waals surface area (Å²) in [5, 5.41) is 0. The average Bonchev–Trinajstić information content (AvgIpc) is 3.82. The predicted octanol–water partition coefficient (Wildman–Crippen LogP) is 18.4. The smallest absolute Gasteiger partial charge is 0.252 e. The predicted molar refractivity (Wildman–Crippen MR) is 340 cm³/mol. The Bertz CT molecular complexity index is 3800. The van der Waals surface area contributed by atoms with Gasteiger partial charge in [0.1, 0.15) is 0 Å². The number of rotatable bonds is 3. The molecule has 3 nitrogen and oxygen atoms in total. The maximum atomic E-state index is 2.83. The third-order valence-corrected chi connectivity index (χ3v) is 22.6. The molecule has 7 aromatic carbocycles. The standard InChI is InChI=1S/C75H86BN3/c1-45-36-65-67-66(37-45)78(62-43-56-54(38-46(62)2)69(6,7)32-34-71(56,10)11)63-41-49(79-61-29-24-47(68(3,4)5)39-58(61)74(16)30-20-21-31-75(74,79)17)26-28-59(63)76(67)60-42-55-57(72(12,13)35-33-70(55,8)9)44-64(60)77(65)48-25-27-53-51(40-48)50-22-18-19-23-52(50)73(53,14)15/h18-19,22-29,36-44H,20-21,30-35H2,1-17H3. The van der Waals surface area contributed by atoms with Crippen LogP contribution in [0.4, 0.5) is 45.5 Å². The van der Waals surface area contributed by atoms with Gasteiger partial charge in [0.05, 0.1) is 5.54 Å². The van der Waals surface area contributed by atoms with Crippen LogP contribution >= 0.6 is 0 Å². The van der Waals surface area contributed by atoms with Crippen LogP contribution in [0.15, 0.2) is 115 Å². The highest BCUT2D eigenvalue weighted by atomic mass is 15.3. The lowest BCUT2D eigenvalue weighted by atomic mass is 9.33. The Morgan fingerprint density at radius 3 is 1.66 bits per heavy atom. The fraction of sp³-hybridized carbons (Fsp3) is 0.440. The third kappa shape index (κ3) is 6.91. The van der Waals surface area contributed by atoms with Crippen molar-refractivity contribution in [2.45, 2.75) is 213 Å². The zero-order valence-electron chi connectivity index (χ0n) is 51.0. The highest BCUT2D eigenvalue weighted by Gasteiger charge is 2.58. The van der Waals surface area contributed by atoms with E-state index in [1.807, 2.05) is 0 Å². The van der Waals surface area contributed by atoms with E-state index in [1.165, 1.54) is 180 Å². The molecule has 0 radical (unpaired) electrons. The van der Waals surface area contributed by atoms with Crippen LogP contribution in [0.2, 0.25) is 0 Å². The second-order valence-electron chi connectivity index (χ2n) is 30.8. The van der Waals surface area contributed by atoms with Crippen molar-refractivity contribution >= 4 is 68.6 Å². The number of nitrogens with zero attached hydrogens (tertiary/aromatic N) is 3. The van der Waals surface area contributed by atoms with Crippen LogP contribution in [0.3, 0.4) is 0 Å². The molecule has 7 aliphatic rings. The molecular formula is C75H86BN3. The summed E-state index contributed by atoms with van der Waals surface area (Å²) in [6.07, 6.45) is 9.60. The molecule has 4 aliphatic carbocycles. The summed E-state index contributed by atoms with van der Waals surface area (Å²) in [6.45, 7) is 41.9. The topological polar surface area (TPSA) is 9.72 Å². The maximum Gasteiger partial charge on any atom is 0.252 e. The molecule has 79 heavy (non-hydrogen) atoms. The van der Waals surface area contributed by atoms with Crippen LogP contribution in [0.1, 0.15) is 211 Å². The van der Waals surface area contributed by atoms with Crippen molar-refractivity contribution in [1.29, 1.82) is 0 Å². The molecule has 3 heterocycles. The maximum absolute atomic E-state index is 2.83. The first kappa shape index (κ1) is 51.2. The zero-order valence-corrected chi connectivity index (χ0v) is 51.0. The van der Waals surface area contributed by atoms with E-state index in [9.17, 15) is 0 Å². The van der Waals surface area contributed by atoms with Crippen LogP contribution < -0.4 is 31.1 Å². The van der Waals surface area contributed by atoms with Gasteiger partial charge in [0.25, 0.3) is 6.71 Å². The average molecular weight is 1040 g/mol. The molecule has 0 bridgehead atoms. The van der Waals surface area contributed by atoms with Crippen LogP contribution in [0.25, 0.3) is 11.1 Å². The second kappa shape index (κ2) is 16.1. The fourth-order valence-corrected chi connectivity index (χ4v) is 17.3. The van der Waals surface area contributed by atoms with Crippen LogP contribution in [-0.4, -0.2) is 12.3 Å². The van der Waals surface area contributed by atoms with Gasteiger partial charge < -0.3 is 14.7 Å². The fourth-order valence-electron chi connectivity index (χ4n) is 17.3. The first-order chi connectivity index (χ1) is 37.1. The molecule has 0 spiro atoms. The largest absolute Gasteiger partial charge is 0.334 e. The summed E-state index contributed by atoms with van der Waals surface area (Å²) in [5.74, 6) is 0. The van der Waals surface area contributed by atoms with Crippen molar-refractivity contribution in [3.05, 3.63) is 171 Å². The quantitative estimate of drug-likeness (QED) is 0.163. The SMILES string of the molecule is Cc1cc2c3c(c1)N(c1cc4c(cc1C)C(C)(C)CCC4(C)C)c1cc(N4c5ccc(C(C)(C)C)cc5C5(C)CCCCC45C)ccc1B3c1cc3c(cc1N2c1ccc2c(c1)-c1ccccc1C2(C)C)C(C)(C)CCC3(C)C. The minimum absolute atomic E-state index is 0.0152. The Balaban J connectivity index is 1.07. The van der Waals surface area contributed by atoms with E-state index in [2.05, 4.69) is 248 Å². The van der Waals surface area contributed by atoms with Gasteiger partial charge in [0, 0.05) is 56.3 Å². The number of aryl methyl sites for hydroxylation is 2. The van der Waals surface area contributed by atoms with Gasteiger partial charge in [0.15, 0.2) is 0 Å². The minimum Gasteiger partial charge on any atom is -0.334 e. The van der Waals surface area contributed by atoms with Gasteiger partial charge in [-0.25, -0.2) is 0 Å². The Labute approximate surface area is 475 Å². The van der Waals surface area contributed by atoms with Gasteiger partial charge in [-0.3, -0.25) is 0 Å². The summed E-state index contributed by atoms with van der Waals surface area (Å²) in [6, 6.07) is 47.7. The van der Waals surface area contributed by atoms with E-state index in [-0.39, 0.29) is 50.2 Å². The van der Waals surface area contributed by atoms with Crippen LogP contribution in [-0.2, 0) is 37.9 Å². The van der Waals surface area contributed by atoms with E-state index in [0.29, 0.717) is 0 Å². The zero-order chi connectivity index (χ0) is 55.7. The molecule has 2 atom stereocenters. The van der Waals surface area contributed by atoms with E-state index in [4.69, 9.17) is 0 Å². The number of benzene rings is 7. The van der Waals surface area contributed by atoms with E-state index in [0.717, 1.165) is 0 Å². The van der Waals surface area contributed by atoms with E-state index < -0.39 is 0 Å². The van der Waals surface area contributed by atoms with Crippen LogP contribution in [0, 0.1) is 13.8 Å². The molecule has 3 aliphatic heterocycles. The van der Waals surface area contributed by atoms with Crippen molar-refractivity contribution < 1.29 is 0 Å². The van der Waals surface area contributed by atoms with Crippen molar-refractivity contribution in [3.63, 3.8) is 0 Å². The highest BCUT2D eigenvalue weighted by molar-refractivity contribution is 7.00. The molecular weight excluding hydrogens is 954 g/mol. The van der Waals surface area contributed by atoms with E-state index >= 15 is 0 Å². The van der Waals surface area contributed by atoms with Gasteiger partial charge >= 0.3 is 0 Å². The summed E-state index contributed by atoms with van der Waals surface area (Å²) < 4.78 is 0. The molecule has 404 valence electrons. The molecule has 7 aromatic rings. The molecule has 0 amide bonds. The molecule has 0 saturated heterocycles. The Kier molecular flexibility index (Phi) is 10.5. The first-order valence-corrected chi connectivity index (χ1v) is 30.5. The van der Waals surface area contributed by atoms with Crippen molar-refractivity contribution in [3.8, 4) is 11.1 Å². The molecule has 2 unspecified atom stereocenters. The Morgan fingerprint density at radius 1 is 0.418 bits per heavy atom. The minimum atomic E-state index is -0.0855. The lowest BCUT2D eigenvalue weighted by Gasteiger charge is -2.51. The van der Waals surface area contributed by atoms with Gasteiger partial charge in [-0.15, -0.1) is 0 Å². The lowest BCUT2D eigenvalue weighted by molar-refractivity contribution is 0.195. The molecule has 1 fully saturated rings. The number of fused-ring (bicyclic) bond motifs is 12. The van der Waals surface area contributed by atoms with Gasteiger partial charge in [-0.05, 0) is 224 Å². The monoisotopic (exact) mass is 1040 g/mol. The van der Waals surface area contributed by atoms with Crippen molar-refractivity contribution in [2.24, 2.45) is 0 Å². The number of hydrogen-bond donors (Lipinski definition) is 0. The van der Waals surface area contributed by atoms with Crippen molar-refractivity contribution in [2.75, 3.05) is 14.7 Å². The number of anilines is 8. The summed E-state index contributed by atoms with van der Waals surface area (Å²) in [4.78, 5) is 8.32. The Hall–Kier alpha value is -6.00. The molecule has 1 saturated carbocycles. The first-order valence-electron chi connectivity index (χ1n) is 30.5. The lowest BCUT2D eigenvalue weighted by Crippen LogP contribution is -2.62. The second-order valence-corrected chi connectivity index (χ2v) is 30.8. The molecule has 0 N–H and O–H groups in total. The summed E-state index contributed by atoms with van der Waals surface area (Å²) in [5.41, 5.74) is 32.1. The number of hydrogen-bond acceptors (Lipinski definition) is 3. The van der Waals surface area contributed by atoms with Gasteiger partial charge in [-0.1, -0.05) is 170 Å². The third-order valence-electron chi connectivity index (χ3n) is 22.6. The van der Waals surface area contributed by atoms with Crippen LogP contribution in [0.5, 0.6) is 0 Å². The molecule has 0 aromatic heterocycles. The Morgan fingerprint density at radius 2 is 0.987 bits per heavy atom. The summed E-state index contributed by atoms with van der Waals surface area (Å²) in [7, 11) is 0. The molecule has 14 rings (SSSR count). The van der Waals surface area contributed by atoms with Gasteiger partial charge in [-0.2, -0.15) is 0 Å². The molecule has 4 heteroatoms. The summed E-state index contributed by atoms with van der Waals surface area (Å²) >= 11 is 0. The normalized spacial score (nSPS) is 23.6. The van der Waals surface area contributed by atoms with Gasteiger partial charge in [0.2, 0.25) is 0 Å².